The number of benzene rings is 1. The zero-order valence-corrected chi connectivity index (χ0v) is 15.1. The highest BCUT2D eigenvalue weighted by Gasteiger charge is 2.46. The summed E-state index contributed by atoms with van der Waals surface area (Å²) in [6.45, 7) is 7.69. The summed E-state index contributed by atoms with van der Waals surface area (Å²) in [5, 5.41) is 9.64. The number of hydrogen-bond acceptors (Lipinski definition) is 3. The van der Waals surface area contributed by atoms with Crippen LogP contribution < -0.4 is 0 Å². The summed E-state index contributed by atoms with van der Waals surface area (Å²) in [5.41, 5.74) is 0.370. The zero-order valence-electron chi connectivity index (χ0n) is 13.5. The highest BCUT2D eigenvalue weighted by Crippen LogP contribution is 2.33. The molecule has 4 nitrogen and oxygen atoms in total. The normalized spacial score (nSPS) is 13.7. The number of carboxylic acids is 1. The Labute approximate surface area is 140 Å². The van der Waals surface area contributed by atoms with Gasteiger partial charge in [0.15, 0.2) is 5.41 Å². The Morgan fingerprint density at radius 3 is 2.41 bits per heavy atom. The van der Waals surface area contributed by atoms with Gasteiger partial charge in [0.2, 0.25) is 0 Å². The molecule has 5 heteroatoms. The number of aliphatic carboxylic acids is 1. The second kappa shape index (κ2) is 7.77. The van der Waals surface area contributed by atoms with Gasteiger partial charge in [0.25, 0.3) is 0 Å². The summed E-state index contributed by atoms with van der Waals surface area (Å²) >= 11 is 3.45. The molecule has 0 fully saturated rings. The summed E-state index contributed by atoms with van der Waals surface area (Å²) in [7, 11) is 0. The summed E-state index contributed by atoms with van der Waals surface area (Å²) < 4.78 is 5.82. The molecule has 1 rings (SSSR count). The number of halogens is 1. The van der Waals surface area contributed by atoms with Crippen molar-refractivity contribution in [2.45, 2.75) is 46.5 Å². The van der Waals surface area contributed by atoms with Gasteiger partial charge in [-0.3, -0.25) is 9.59 Å². The molecule has 0 aliphatic heterocycles. The van der Waals surface area contributed by atoms with Crippen LogP contribution in [0.4, 0.5) is 0 Å². The lowest BCUT2D eigenvalue weighted by Crippen LogP contribution is -2.42. The third-order valence-corrected chi connectivity index (χ3v) is 4.68. The van der Waals surface area contributed by atoms with E-state index in [4.69, 9.17) is 4.74 Å². The molecule has 1 unspecified atom stereocenters. The van der Waals surface area contributed by atoms with Crippen LogP contribution in [0.2, 0.25) is 0 Å². The van der Waals surface area contributed by atoms with E-state index in [1.54, 1.807) is 13.8 Å². The van der Waals surface area contributed by atoms with Crippen molar-refractivity contribution in [2.75, 3.05) is 6.61 Å². The maximum absolute atomic E-state index is 12.3. The molecule has 0 amide bonds. The number of carbonyl (C=O) groups is 2. The average molecular weight is 371 g/mol. The minimum absolute atomic E-state index is 0.110. The Morgan fingerprint density at radius 2 is 1.95 bits per heavy atom. The van der Waals surface area contributed by atoms with Crippen molar-refractivity contribution >= 4 is 27.9 Å². The largest absolute Gasteiger partial charge is 0.480 e. The van der Waals surface area contributed by atoms with Crippen LogP contribution in [0.3, 0.4) is 0 Å². The minimum atomic E-state index is -1.55. The summed E-state index contributed by atoms with van der Waals surface area (Å²) in [6, 6.07) is 5.86. The second-order valence-corrected chi connectivity index (χ2v) is 6.50. The highest BCUT2D eigenvalue weighted by atomic mass is 79.9. The van der Waals surface area contributed by atoms with E-state index in [-0.39, 0.29) is 19.4 Å². The smallest absolute Gasteiger partial charge is 0.323 e. The van der Waals surface area contributed by atoms with Gasteiger partial charge in [0.05, 0.1) is 6.61 Å². The van der Waals surface area contributed by atoms with Gasteiger partial charge in [-0.05, 0) is 36.5 Å². The Kier molecular flexibility index (Phi) is 6.60. The van der Waals surface area contributed by atoms with Crippen LogP contribution in [0.15, 0.2) is 22.7 Å². The van der Waals surface area contributed by atoms with E-state index < -0.39 is 17.4 Å². The molecular weight excluding hydrogens is 348 g/mol. The van der Waals surface area contributed by atoms with Crippen molar-refractivity contribution in [2.24, 2.45) is 5.41 Å². The molecule has 0 aliphatic carbocycles. The molecule has 0 radical (unpaired) electrons. The number of ether oxygens (including phenoxy) is 1. The first-order valence-electron chi connectivity index (χ1n) is 7.47. The number of carbonyl (C=O) groups excluding carboxylic acids is 1. The van der Waals surface area contributed by atoms with Gasteiger partial charge < -0.3 is 9.84 Å². The van der Waals surface area contributed by atoms with Gasteiger partial charge in [-0.2, -0.15) is 0 Å². The summed E-state index contributed by atoms with van der Waals surface area (Å²) in [4.78, 5) is 24.0. The third kappa shape index (κ3) is 3.88. The Balaban J connectivity index is 3.28. The predicted octanol–water partition coefficient (Wildman–Crippen LogP) is 4.16. The standard InChI is InChI=1S/C17H23BrO4/c1-5-17(15(19)20,16(21)22-6-2)10-13-9-12(11(3)4)7-8-14(13)18/h7-9,11H,5-6,10H2,1-4H3,(H,19,20). The Hall–Kier alpha value is -1.36. The van der Waals surface area contributed by atoms with Crippen molar-refractivity contribution in [1.29, 1.82) is 0 Å². The zero-order chi connectivity index (χ0) is 16.9. The second-order valence-electron chi connectivity index (χ2n) is 5.64. The molecule has 122 valence electrons. The molecule has 0 aromatic heterocycles. The van der Waals surface area contributed by atoms with Crippen molar-refractivity contribution in [3.63, 3.8) is 0 Å². The number of hydrogen-bond donors (Lipinski definition) is 1. The molecule has 1 aromatic carbocycles. The molecule has 0 heterocycles. The first kappa shape index (κ1) is 18.7. The lowest BCUT2D eigenvalue weighted by molar-refractivity contribution is -0.168. The quantitative estimate of drug-likeness (QED) is 0.578. The van der Waals surface area contributed by atoms with Crippen LogP contribution in [0.25, 0.3) is 0 Å². The van der Waals surface area contributed by atoms with E-state index in [9.17, 15) is 14.7 Å². The Bertz CT molecular complexity index is 554. The van der Waals surface area contributed by atoms with Crippen molar-refractivity contribution in [3.05, 3.63) is 33.8 Å². The third-order valence-electron chi connectivity index (χ3n) is 3.91. The summed E-state index contributed by atoms with van der Waals surface area (Å²) in [5.74, 6) is -1.49. The van der Waals surface area contributed by atoms with Crippen molar-refractivity contribution < 1.29 is 19.4 Å². The molecule has 1 aromatic rings. The van der Waals surface area contributed by atoms with Crippen LogP contribution in [0.5, 0.6) is 0 Å². The van der Waals surface area contributed by atoms with Crippen LogP contribution in [0, 0.1) is 5.41 Å². The molecule has 0 spiro atoms. The van der Waals surface area contributed by atoms with Crippen molar-refractivity contribution in [3.8, 4) is 0 Å². The van der Waals surface area contributed by atoms with E-state index in [0.717, 1.165) is 15.6 Å². The Morgan fingerprint density at radius 1 is 1.32 bits per heavy atom. The molecule has 0 aliphatic rings. The van der Waals surface area contributed by atoms with Gasteiger partial charge >= 0.3 is 11.9 Å². The fourth-order valence-electron chi connectivity index (χ4n) is 2.34. The molecule has 22 heavy (non-hydrogen) atoms. The van der Waals surface area contributed by atoms with Gasteiger partial charge in [0, 0.05) is 10.9 Å². The minimum Gasteiger partial charge on any atom is -0.480 e. The molecule has 0 saturated heterocycles. The molecular formula is C17H23BrO4. The first-order valence-corrected chi connectivity index (χ1v) is 8.26. The first-order chi connectivity index (χ1) is 10.3. The number of rotatable bonds is 7. The van der Waals surface area contributed by atoms with Crippen LogP contribution in [0.1, 0.15) is 51.2 Å². The lowest BCUT2D eigenvalue weighted by atomic mass is 9.78. The molecule has 1 N–H and O–H groups in total. The molecule has 0 bridgehead atoms. The monoisotopic (exact) mass is 370 g/mol. The fraction of sp³-hybridized carbons (Fsp3) is 0.529. The number of carboxylic acid groups (broad SMARTS) is 1. The maximum atomic E-state index is 12.3. The van der Waals surface area contributed by atoms with Crippen molar-refractivity contribution in [1.82, 2.24) is 0 Å². The topological polar surface area (TPSA) is 63.6 Å². The van der Waals surface area contributed by atoms with Gasteiger partial charge in [-0.15, -0.1) is 0 Å². The van der Waals surface area contributed by atoms with E-state index >= 15 is 0 Å². The molecule has 1 atom stereocenters. The average Bonchev–Trinajstić information content (AvgIpc) is 2.46. The van der Waals surface area contributed by atoms with E-state index in [2.05, 4.69) is 29.8 Å². The van der Waals surface area contributed by atoms with Gasteiger partial charge in [0.1, 0.15) is 0 Å². The maximum Gasteiger partial charge on any atom is 0.323 e. The highest BCUT2D eigenvalue weighted by molar-refractivity contribution is 9.10. The van der Waals surface area contributed by atoms with Crippen LogP contribution in [-0.2, 0) is 20.7 Å². The van der Waals surface area contributed by atoms with E-state index in [1.165, 1.54) is 0 Å². The van der Waals surface area contributed by atoms with E-state index in [0.29, 0.717) is 5.92 Å². The summed E-state index contributed by atoms with van der Waals surface area (Å²) in [6.07, 6.45) is 0.290. The predicted molar refractivity (Wildman–Crippen MR) is 88.9 cm³/mol. The fourth-order valence-corrected chi connectivity index (χ4v) is 2.73. The SMILES string of the molecule is CCOC(=O)C(CC)(Cc1cc(C(C)C)ccc1Br)C(=O)O. The lowest BCUT2D eigenvalue weighted by Gasteiger charge is -2.26. The van der Waals surface area contributed by atoms with Gasteiger partial charge in [-0.25, -0.2) is 0 Å². The van der Waals surface area contributed by atoms with Crippen LogP contribution in [-0.4, -0.2) is 23.7 Å². The van der Waals surface area contributed by atoms with Gasteiger partial charge in [-0.1, -0.05) is 48.8 Å². The van der Waals surface area contributed by atoms with E-state index in [1.807, 2.05) is 18.2 Å². The molecule has 0 saturated carbocycles. The van der Waals surface area contributed by atoms with Crippen LogP contribution >= 0.6 is 15.9 Å². The number of esters is 1.